The van der Waals surface area contributed by atoms with Gasteiger partial charge in [0, 0.05) is 17.8 Å². The Morgan fingerprint density at radius 1 is 1.80 bits per heavy atom. The summed E-state index contributed by atoms with van der Waals surface area (Å²) in [7, 11) is 2.13. The van der Waals surface area contributed by atoms with Gasteiger partial charge < -0.3 is 15.7 Å². The van der Waals surface area contributed by atoms with E-state index < -0.39 is 0 Å². The van der Waals surface area contributed by atoms with Crippen molar-refractivity contribution in [2.75, 3.05) is 26.7 Å². The van der Waals surface area contributed by atoms with E-state index in [9.17, 15) is 0 Å². The molecular formula is C10H17N3OS. The topological polar surface area (TPSA) is 62.4 Å². The van der Waals surface area contributed by atoms with Gasteiger partial charge in [0.25, 0.3) is 0 Å². The van der Waals surface area contributed by atoms with E-state index in [4.69, 9.17) is 10.8 Å². The first-order valence-electron chi connectivity index (χ1n) is 5.21. The number of hydrogen-bond acceptors (Lipinski definition) is 5. The standard InChI is InChI=1S/C10H17N3OS/c1-13-3-2-7(4-13)10-12-9(6-15-10)8(11)5-14/h6-8,14H,2-5,11H2,1H3. The molecule has 1 aliphatic heterocycles. The molecule has 1 fully saturated rings. The number of thiazole rings is 1. The smallest absolute Gasteiger partial charge is 0.0973 e. The monoisotopic (exact) mass is 227 g/mol. The van der Waals surface area contributed by atoms with Crippen LogP contribution in [0.15, 0.2) is 5.38 Å². The van der Waals surface area contributed by atoms with Crippen LogP contribution in [0.2, 0.25) is 0 Å². The Balaban J connectivity index is 2.07. The van der Waals surface area contributed by atoms with Crippen LogP contribution < -0.4 is 5.73 Å². The summed E-state index contributed by atoms with van der Waals surface area (Å²) >= 11 is 1.66. The molecule has 0 aliphatic carbocycles. The minimum atomic E-state index is -0.325. The zero-order valence-corrected chi connectivity index (χ0v) is 9.70. The summed E-state index contributed by atoms with van der Waals surface area (Å²) in [5, 5.41) is 12.1. The maximum Gasteiger partial charge on any atom is 0.0973 e. The summed E-state index contributed by atoms with van der Waals surface area (Å²) in [5.74, 6) is 0.555. The molecule has 0 bridgehead atoms. The molecule has 2 heterocycles. The van der Waals surface area contributed by atoms with Gasteiger partial charge in [0.05, 0.1) is 23.4 Å². The SMILES string of the molecule is CN1CCC(c2nc(C(N)CO)cs2)C1. The molecule has 1 aliphatic rings. The molecule has 2 unspecified atom stereocenters. The number of likely N-dealkylation sites (N-methyl/N-ethyl adjacent to an activating group) is 1. The molecular weight excluding hydrogens is 210 g/mol. The Bertz CT molecular complexity index is 328. The van der Waals surface area contributed by atoms with Crippen molar-refractivity contribution in [2.24, 2.45) is 5.73 Å². The second-order valence-electron chi connectivity index (χ2n) is 4.15. The largest absolute Gasteiger partial charge is 0.394 e. The third-order valence-electron chi connectivity index (χ3n) is 2.86. The van der Waals surface area contributed by atoms with Gasteiger partial charge in [-0.2, -0.15) is 0 Å². The van der Waals surface area contributed by atoms with Crippen LogP contribution in [-0.2, 0) is 0 Å². The highest BCUT2D eigenvalue weighted by molar-refractivity contribution is 7.09. The van der Waals surface area contributed by atoms with Crippen molar-refractivity contribution < 1.29 is 5.11 Å². The van der Waals surface area contributed by atoms with E-state index in [2.05, 4.69) is 16.9 Å². The van der Waals surface area contributed by atoms with E-state index in [-0.39, 0.29) is 12.6 Å². The van der Waals surface area contributed by atoms with E-state index in [1.807, 2.05) is 5.38 Å². The Kier molecular flexibility index (Phi) is 3.35. The summed E-state index contributed by atoms with van der Waals surface area (Å²) < 4.78 is 0. The van der Waals surface area contributed by atoms with Crippen molar-refractivity contribution in [1.29, 1.82) is 0 Å². The van der Waals surface area contributed by atoms with Crippen LogP contribution in [-0.4, -0.2) is 41.7 Å². The second-order valence-corrected chi connectivity index (χ2v) is 5.04. The average Bonchev–Trinajstić information content (AvgIpc) is 2.84. The third kappa shape index (κ3) is 2.36. The second kappa shape index (κ2) is 4.57. The van der Waals surface area contributed by atoms with Crippen molar-refractivity contribution in [1.82, 2.24) is 9.88 Å². The summed E-state index contributed by atoms with van der Waals surface area (Å²) in [6.45, 7) is 2.20. The van der Waals surface area contributed by atoms with Gasteiger partial charge in [-0.1, -0.05) is 0 Å². The lowest BCUT2D eigenvalue weighted by Crippen LogP contribution is -2.15. The van der Waals surface area contributed by atoms with Gasteiger partial charge in [0.15, 0.2) is 0 Å². The fourth-order valence-electron chi connectivity index (χ4n) is 1.89. The van der Waals surface area contributed by atoms with Gasteiger partial charge in [0.2, 0.25) is 0 Å². The lowest BCUT2D eigenvalue weighted by Gasteiger charge is -2.07. The minimum absolute atomic E-state index is 0.0340. The molecule has 2 atom stereocenters. The maximum absolute atomic E-state index is 8.94. The molecule has 0 radical (unpaired) electrons. The molecule has 0 amide bonds. The summed E-state index contributed by atoms with van der Waals surface area (Å²) in [6, 6.07) is -0.325. The number of aliphatic hydroxyl groups excluding tert-OH is 1. The van der Waals surface area contributed by atoms with Crippen LogP contribution in [0.3, 0.4) is 0 Å². The number of rotatable bonds is 3. The number of likely N-dealkylation sites (tertiary alicyclic amines) is 1. The molecule has 5 heteroatoms. The molecule has 2 rings (SSSR count). The van der Waals surface area contributed by atoms with Crippen LogP contribution in [0.5, 0.6) is 0 Å². The molecule has 0 saturated carbocycles. The maximum atomic E-state index is 8.94. The molecule has 3 N–H and O–H groups in total. The minimum Gasteiger partial charge on any atom is -0.394 e. The van der Waals surface area contributed by atoms with E-state index in [0.29, 0.717) is 5.92 Å². The molecule has 84 valence electrons. The third-order valence-corrected chi connectivity index (χ3v) is 3.88. The lowest BCUT2D eigenvalue weighted by molar-refractivity contribution is 0.266. The van der Waals surface area contributed by atoms with Gasteiger partial charge in [-0.05, 0) is 20.0 Å². The number of hydrogen-bond donors (Lipinski definition) is 2. The van der Waals surface area contributed by atoms with Crippen molar-refractivity contribution >= 4 is 11.3 Å². The van der Waals surface area contributed by atoms with E-state index in [1.165, 1.54) is 11.4 Å². The van der Waals surface area contributed by atoms with Crippen LogP contribution in [0.25, 0.3) is 0 Å². The Morgan fingerprint density at radius 3 is 3.20 bits per heavy atom. The summed E-state index contributed by atoms with van der Waals surface area (Å²) in [6.07, 6.45) is 1.18. The van der Waals surface area contributed by atoms with Crippen LogP contribution in [0.4, 0.5) is 0 Å². The first kappa shape index (κ1) is 11.0. The molecule has 15 heavy (non-hydrogen) atoms. The molecule has 1 saturated heterocycles. The molecule has 0 aromatic carbocycles. The first-order chi connectivity index (χ1) is 7.20. The Morgan fingerprint density at radius 2 is 2.60 bits per heavy atom. The lowest BCUT2D eigenvalue weighted by atomic mass is 10.1. The summed E-state index contributed by atoms with van der Waals surface area (Å²) in [4.78, 5) is 6.82. The Labute approximate surface area is 93.7 Å². The number of nitrogens with two attached hydrogens (primary N) is 1. The van der Waals surface area contributed by atoms with Gasteiger partial charge in [-0.3, -0.25) is 0 Å². The highest BCUT2D eigenvalue weighted by atomic mass is 32.1. The molecule has 4 nitrogen and oxygen atoms in total. The predicted octanol–water partition coefficient (Wildman–Crippen LogP) is 0.554. The number of aliphatic hydroxyl groups is 1. The van der Waals surface area contributed by atoms with Crippen LogP contribution in [0, 0.1) is 0 Å². The van der Waals surface area contributed by atoms with Crippen LogP contribution >= 0.6 is 11.3 Å². The predicted molar refractivity (Wildman–Crippen MR) is 61.0 cm³/mol. The molecule has 0 spiro atoms. The van der Waals surface area contributed by atoms with Crippen LogP contribution in [0.1, 0.15) is 29.1 Å². The Hall–Kier alpha value is -0.490. The highest BCUT2D eigenvalue weighted by Crippen LogP contribution is 2.29. The van der Waals surface area contributed by atoms with Crippen molar-refractivity contribution in [3.8, 4) is 0 Å². The van der Waals surface area contributed by atoms with Gasteiger partial charge in [-0.25, -0.2) is 4.98 Å². The van der Waals surface area contributed by atoms with Gasteiger partial charge in [0.1, 0.15) is 0 Å². The zero-order chi connectivity index (χ0) is 10.8. The van der Waals surface area contributed by atoms with Crippen molar-refractivity contribution in [3.63, 3.8) is 0 Å². The summed E-state index contributed by atoms with van der Waals surface area (Å²) in [5.41, 5.74) is 6.54. The average molecular weight is 227 g/mol. The van der Waals surface area contributed by atoms with Gasteiger partial charge in [-0.15, -0.1) is 11.3 Å². The quantitative estimate of drug-likeness (QED) is 0.792. The highest BCUT2D eigenvalue weighted by Gasteiger charge is 2.24. The van der Waals surface area contributed by atoms with E-state index in [0.717, 1.165) is 18.8 Å². The van der Waals surface area contributed by atoms with Crippen molar-refractivity contribution in [3.05, 3.63) is 16.1 Å². The number of nitrogens with zero attached hydrogens (tertiary/aromatic N) is 2. The van der Waals surface area contributed by atoms with E-state index in [1.54, 1.807) is 11.3 Å². The van der Waals surface area contributed by atoms with Gasteiger partial charge >= 0.3 is 0 Å². The first-order valence-corrected chi connectivity index (χ1v) is 6.09. The number of aromatic nitrogens is 1. The van der Waals surface area contributed by atoms with Crippen molar-refractivity contribution in [2.45, 2.75) is 18.4 Å². The fraction of sp³-hybridized carbons (Fsp3) is 0.700. The molecule has 1 aromatic rings. The fourth-order valence-corrected chi connectivity index (χ4v) is 2.90. The zero-order valence-electron chi connectivity index (χ0n) is 8.89. The molecule has 1 aromatic heterocycles. The van der Waals surface area contributed by atoms with E-state index >= 15 is 0 Å². The normalized spacial score (nSPS) is 24.6.